The van der Waals surface area contributed by atoms with Crippen LogP contribution in [0.15, 0.2) is 0 Å². The number of aliphatic carboxylic acids is 1. The monoisotopic (exact) mass is 276 g/mol. The maximum atomic E-state index is 11.7. The average molecular weight is 276 g/mol. The van der Waals surface area contributed by atoms with Gasteiger partial charge in [-0.3, -0.25) is 0 Å². The molecule has 1 aliphatic rings. The normalized spacial score (nSPS) is 22.8. The van der Waals surface area contributed by atoms with Crippen LogP contribution in [0.1, 0.15) is 12.8 Å². The Morgan fingerprint density at radius 1 is 1.50 bits per heavy atom. The van der Waals surface area contributed by atoms with Crippen LogP contribution in [0.25, 0.3) is 0 Å². The molecule has 2 N–H and O–H groups in total. The van der Waals surface area contributed by atoms with Gasteiger partial charge in [0.15, 0.2) is 6.10 Å². The maximum Gasteiger partial charge on any atom is 0.332 e. The fourth-order valence-corrected chi connectivity index (χ4v) is 2.16. The molecule has 2 atom stereocenters. The summed E-state index contributed by atoms with van der Waals surface area (Å²) in [6, 6.07) is -0.147. The van der Waals surface area contributed by atoms with Crippen molar-refractivity contribution in [3.63, 3.8) is 0 Å². The van der Waals surface area contributed by atoms with Crippen molar-refractivity contribution in [2.75, 3.05) is 32.1 Å². The fraction of sp³-hybridized carbons (Fsp3) is 0.818. The summed E-state index contributed by atoms with van der Waals surface area (Å²) in [6.45, 7) is 1.06. The van der Waals surface area contributed by atoms with E-state index in [1.54, 1.807) is 23.7 Å². The Balaban J connectivity index is 2.21. The minimum atomic E-state index is -0.930. The molecule has 6 nitrogen and oxygen atoms in total. The number of hydrogen-bond donors (Lipinski definition) is 2. The smallest absolute Gasteiger partial charge is 0.332 e. The first-order chi connectivity index (χ1) is 8.54. The number of amides is 2. The van der Waals surface area contributed by atoms with Crippen molar-refractivity contribution in [2.24, 2.45) is 0 Å². The number of rotatable bonds is 6. The van der Waals surface area contributed by atoms with Gasteiger partial charge in [-0.15, -0.1) is 0 Å². The zero-order valence-corrected chi connectivity index (χ0v) is 11.5. The van der Waals surface area contributed by atoms with Crippen molar-refractivity contribution in [2.45, 2.75) is 25.0 Å². The highest BCUT2D eigenvalue weighted by molar-refractivity contribution is 7.98. The first kappa shape index (κ1) is 15.1. The van der Waals surface area contributed by atoms with Crippen LogP contribution in [-0.4, -0.2) is 66.4 Å². The highest BCUT2D eigenvalue weighted by atomic mass is 32.2. The van der Waals surface area contributed by atoms with Gasteiger partial charge in [0.1, 0.15) is 0 Å². The van der Waals surface area contributed by atoms with Crippen LogP contribution in [0.3, 0.4) is 0 Å². The molecule has 7 heteroatoms. The second-order valence-corrected chi connectivity index (χ2v) is 5.25. The molecule has 0 aromatic carbocycles. The Morgan fingerprint density at radius 3 is 2.78 bits per heavy atom. The fourth-order valence-electron chi connectivity index (χ4n) is 1.70. The highest BCUT2D eigenvalue weighted by Gasteiger charge is 2.30. The Labute approximate surface area is 111 Å². The number of nitrogens with zero attached hydrogens (tertiary/aromatic N) is 1. The molecule has 1 fully saturated rings. The first-order valence-electron chi connectivity index (χ1n) is 5.90. The number of nitrogens with one attached hydrogen (secondary N) is 1. The van der Waals surface area contributed by atoms with Crippen LogP contribution >= 0.6 is 11.8 Å². The van der Waals surface area contributed by atoms with E-state index in [0.717, 1.165) is 5.75 Å². The van der Waals surface area contributed by atoms with Crippen molar-refractivity contribution >= 4 is 23.8 Å². The minimum Gasteiger partial charge on any atom is -0.479 e. The van der Waals surface area contributed by atoms with Gasteiger partial charge in [-0.25, -0.2) is 9.59 Å². The van der Waals surface area contributed by atoms with Crippen molar-refractivity contribution in [3.8, 4) is 0 Å². The molecule has 2 unspecified atom stereocenters. The number of urea groups is 1. The maximum absolute atomic E-state index is 11.7. The molecule has 18 heavy (non-hydrogen) atoms. The van der Waals surface area contributed by atoms with E-state index in [4.69, 9.17) is 9.84 Å². The van der Waals surface area contributed by atoms with Crippen LogP contribution in [0.4, 0.5) is 4.79 Å². The molecular weight excluding hydrogens is 256 g/mol. The molecule has 0 aliphatic carbocycles. The number of carbonyl (C=O) groups excluding carboxylic acids is 1. The van der Waals surface area contributed by atoms with Gasteiger partial charge in [0, 0.05) is 25.9 Å². The van der Waals surface area contributed by atoms with Gasteiger partial charge in [-0.1, -0.05) is 0 Å². The van der Waals surface area contributed by atoms with Crippen molar-refractivity contribution in [3.05, 3.63) is 0 Å². The van der Waals surface area contributed by atoms with Crippen LogP contribution in [0.2, 0.25) is 0 Å². The van der Waals surface area contributed by atoms with Gasteiger partial charge in [-0.05, 0) is 19.1 Å². The summed E-state index contributed by atoms with van der Waals surface area (Å²) in [7, 11) is 1.74. The average Bonchev–Trinajstić information content (AvgIpc) is 2.81. The van der Waals surface area contributed by atoms with Crippen LogP contribution < -0.4 is 5.32 Å². The molecular formula is C11H20N2O4S. The third kappa shape index (κ3) is 4.73. The quantitative estimate of drug-likeness (QED) is 0.743. The molecule has 1 saturated heterocycles. The molecule has 0 saturated carbocycles. The highest BCUT2D eigenvalue weighted by Crippen LogP contribution is 2.19. The van der Waals surface area contributed by atoms with Gasteiger partial charge >= 0.3 is 12.0 Å². The summed E-state index contributed by atoms with van der Waals surface area (Å²) < 4.78 is 5.30. The number of carboxylic acids is 1. The standard InChI is InChI=1S/C11H20N2O4S/c1-13(5-6-18-2)11(16)12-7-8-3-4-9(17-8)10(14)15/h8-9H,3-7H2,1-2H3,(H,12,16)(H,14,15). The van der Waals surface area contributed by atoms with Gasteiger partial charge in [0.05, 0.1) is 6.10 Å². The predicted molar refractivity (Wildman–Crippen MR) is 69.9 cm³/mol. The number of thioether (sulfide) groups is 1. The lowest BCUT2D eigenvalue weighted by molar-refractivity contribution is -0.149. The molecule has 2 amide bonds. The first-order valence-corrected chi connectivity index (χ1v) is 7.30. The summed E-state index contributed by atoms with van der Waals surface area (Å²) in [5.74, 6) is -0.0359. The zero-order valence-electron chi connectivity index (χ0n) is 10.7. The summed E-state index contributed by atoms with van der Waals surface area (Å²) in [5, 5.41) is 11.5. The number of carboxylic acid groups (broad SMARTS) is 1. The van der Waals surface area contributed by atoms with Gasteiger partial charge < -0.3 is 20.1 Å². The molecule has 1 heterocycles. The van der Waals surface area contributed by atoms with Crippen molar-refractivity contribution in [1.29, 1.82) is 0 Å². The summed E-state index contributed by atoms with van der Waals surface area (Å²) in [5.41, 5.74) is 0. The Morgan fingerprint density at radius 2 is 2.22 bits per heavy atom. The van der Waals surface area contributed by atoms with E-state index in [0.29, 0.717) is 25.9 Å². The molecule has 104 valence electrons. The summed E-state index contributed by atoms with van der Waals surface area (Å²) in [6.07, 6.45) is 2.26. The van der Waals surface area contributed by atoms with E-state index in [-0.39, 0.29) is 12.1 Å². The Bertz CT molecular complexity index is 301. The van der Waals surface area contributed by atoms with Crippen LogP contribution in [-0.2, 0) is 9.53 Å². The van der Waals surface area contributed by atoms with E-state index in [2.05, 4.69) is 5.32 Å². The van der Waals surface area contributed by atoms with E-state index in [1.165, 1.54) is 0 Å². The van der Waals surface area contributed by atoms with E-state index >= 15 is 0 Å². The number of hydrogen-bond acceptors (Lipinski definition) is 4. The van der Waals surface area contributed by atoms with Gasteiger partial charge in [0.25, 0.3) is 0 Å². The third-order valence-corrected chi connectivity index (χ3v) is 3.43. The SMILES string of the molecule is CSCCN(C)C(=O)NCC1CCC(C(=O)O)O1. The topological polar surface area (TPSA) is 78.9 Å². The number of carbonyl (C=O) groups is 2. The van der Waals surface area contributed by atoms with E-state index in [9.17, 15) is 9.59 Å². The van der Waals surface area contributed by atoms with Crippen LogP contribution in [0, 0.1) is 0 Å². The van der Waals surface area contributed by atoms with Crippen molar-refractivity contribution < 1.29 is 19.4 Å². The second-order valence-electron chi connectivity index (χ2n) is 4.26. The summed E-state index contributed by atoms with van der Waals surface area (Å²) >= 11 is 1.68. The predicted octanol–water partition coefficient (Wildman–Crippen LogP) is 0.623. The molecule has 0 bridgehead atoms. The lowest BCUT2D eigenvalue weighted by Gasteiger charge is -2.19. The molecule has 0 spiro atoms. The number of ether oxygens (including phenoxy) is 1. The van der Waals surface area contributed by atoms with E-state index < -0.39 is 12.1 Å². The van der Waals surface area contributed by atoms with Gasteiger partial charge in [0.2, 0.25) is 0 Å². The van der Waals surface area contributed by atoms with Crippen molar-refractivity contribution in [1.82, 2.24) is 10.2 Å². The molecule has 0 radical (unpaired) electrons. The second kappa shape index (κ2) is 7.48. The lowest BCUT2D eigenvalue weighted by atomic mass is 10.2. The van der Waals surface area contributed by atoms with E-state index in [1.807, 2.05) is 6.26 Å². The lowest BCUT2D eigenvalue weighted by Crippen LogP contribution is -2.41. The third-order valence-electron chi connectivity index (χ3n) is 2.84. The molecule has 1 aliphatic heterocycles. The summed E-state index contributed by atoms with van der Waals surface area (Å²) in [4.78, 5) is 24.0. The Hall–Kier alpha value is -0.950. The molecule has 0 aromatic heterocycles. The van der Waals surface area contributed by atoms with Crippen LogP contribution in [0.5, 0.6) is 0 Å². The minimum absolute atomic E-state index is 0.147. The molecule has 1 rings (SSSR count). The van der Waals surface area contributed by atoms with Gasteiger partial charge in [-0.2, -0.15) is 11.8 Å². The molecule has 0 aromatic rings. The largest absolute Gasteiger partial charge is 0.479 e. The Kier molecular flexibility index (Phi) is 6.28. The zero-order chi connectivity index (χ0) is 13.5.